The molecule has 0 aliphatic heterocycles. The molecule has 2 fully saturated rings. The van der Waals surface area contributed by atoms with Crippen molar-refractivity contribution in [3.63, 3.8) is 0 Å². The van der Waals surface area contributed by atoms with Gasteiger partial charge in [0, 0.05) is 12.3 Å². The van der Waals surface area contributed by atoms with Crippen LogP contribution in [-0.4, -0.2) is 5.92 Å². The topological polar surface area (TPSA) is 0 Å². The van der Waals surface area contributed by atoms with Crippen molar-refractivity contribution in [2.24, 2.45) is 35.5 Å². The second-order valence-corrected chi connectivity index (χ2v) is 8.36. The van der Waals surface area contributed by atoms with E-state index in [4.69, 9.17) is 0 Å². The van der Waals surface area contributed by atoms with Crippen LogP contribution in [0.15, 0.2) is 0 Å². The van der Waals surface area contributed by atoms with Crippen molar-refractivity contribution in [1.82, 2.24) is 0 Å². The zero-order valence-corrected chi connectivity index (χ0v) is 14.4. The molecule has 2 rings (SSSR count). The highest BCUT2D eigenvalue weighted by Gasteiger charge is 2.50. The Kier molecular flexibility index (Phi) is 5.71. The molecule has 2 saturated carbocycles. The summed E-state index contributed by atoms with van der Waals surface area (Å²) in [6, 6.07) is 0. The van der Waals surface area contributed by atoms with Crippen LogP contribution in [0, 0.1) is 35.5 Å². The van der Waals surface area contributed by atoms with Gasteiger partial charge in [-0.2, -0.15) is 0 Å². The standard InChI is InChI=1S/C19H34F2/c1-13(2)15-10-11-19(20,21)18(12-15)17-9-7-5-6-8-16(17)14(3)4/h13-18H,5-12H2,1-4H3. The Morgan fingerprint density at radius 3 is 2.14 bits per heavy atom. The summed E-state index contributed by atoms with van der Waals surface area (Å²) in [5, 5.41) is 0. The number of alkyl halides is 2. The lowest BCUT2D eigenvalue weighted by molar-refractivity contribution is -0.134. The average Bonchev–Trinajstić information content (AvgIpc) is 2.63. The van der Waals surface area contributed by atoms with Gasteiger partial charge in [-0.25, -0.2) is 8.78 Å². The lowest BCUT2D eigenvalue weighted by atomic mass is 9.63. The Morgan fingerprint density at radius 1 is 0.857 bits per heavy atom. The molecule has 4 unspecified atom stereocenters. The second kappa shape index (κ2) is 6.96. The van der Waals surface area contributed by atoms with Gasteiger partial charge in [0.2, 0.25) is 0 Å². The fourth-order valence-corrected chi connectivity index (χ4v) is 4.97. The molecule has 2 heteroatoms. The van der Waals surface area contributed by atoms with Crippen LogP contribution in [0.1, 0.15) is 79.1 Å². The summed E-state index contributed by atoms with van der Waals surface area (Å²) in [5.74, 6) is -0.420. The van der Waals surface area contributed by atoms with Gasteiger partial charge in [-0.3, -0.25) is 0 Å². The Labute approximate surface area is 130 Å². The molecule has 2 aliphatic carbocycles. The second-order valence-electron chi connectivity index (χ2n) is 8.36. The fraction of sp³-hybridized carbons (Fsp3) is 1.00. The molecule has 124 valence electrons. The molecule has 4 atom stereocenters. The summed E-state index contributed by atoms with van der Waals surface area (Å²) in [6.45, 7) is 8.89. The van der Waals surface area contributed by atoms with Crippen LogP contribution in [0.5, 0.6) is 0 Å². The number of hydrogen-bond acceptors (Lipinski definition) is 0. The first-order chi connectivity index (χ1) is 9.83. The molecule has 0 nitrogen and oxygen atoms in total. The lowest BCUT2D eigenvalue weighted by Gasteiger charge is -2.44. The molecule has 2 aliphatic rings. The van der Waals surface area contributed by atoms with Crippen LogP contribution in [0.4, 0.5) is 8.78 Å². The van der Waals surface area contributed by atoms with E-state index in [0.29, 0.717) is 23.7 Å². The van der Waals surface area contributed by atoms with Crippen LogP contribution in [0.25, 0.3) is 0 Å². The van der Waals surface area contributed by atoms with E-state index in [2.05, 4.69) is 27.7 Å². The first-order valence-corrected chi connectivity index (χ1v) is 9.20. The minimum atomic E-state index is -2.42. The molecular weight excluding hydrogens is 266 g/mol. The van der Waals surface area contributed by atoms with Crippen molar-refractivity contribution < 1.29 is 8.78 Å². The molecule has 0 amide bonds. The first kappa shape index (κ1) is 17.2. The van der Waals surface area contributed by atoms with Crippen molar-refractivity contribution in [3.05, 3.63) is 0 Å². The average molecular weight is 300 g/mol. The van der Waals surface area contributed by atoms with Gasteiger partial charge in [-0.1, -0.05) is 47.0 Å². The molecule has 0 aromatic carbocycles. The third-order valence-corrected chi connectivity index (χ3v) is 6.39. The van der Waals surface area contributed by atoms with Crippen molar-refractivity contribution in [3.8, 4) is 0 Å². The van der Waals surface area contributed by atoms with E-state index in [9.17, 15) is 8.78 Å². The summed E-state index contributed by atoms with van der Waals surface area (Å²) in [6.07, 6.45) is 7.46. The normalized spacial score (nSPS) is 37.7. The van der Waals surface area contributed by atoms with Gasteiger partial charge < -0.3 is 0 Å². The molecule has 0 N–H and O–H groups in total. The van der Waals surface area contributed by atoms with E-state index in [-0.39, 0.29) is 18.3 Å². The Hall–Kier alpha value is -0.140. The monoisotopic (exact) mass is 300 g/mol. The molecule has 0 heterocycles. The van der Waals surface area contributed by atoms with Crippen LogP contribution < -0.4 is 0 Å². The highest BCUT2D eigenvalue weighted by Crippen LogP contribution is 2.52. The van der Waals surface area contributed by atoms with Crippen LogP contribution in [0.3, 0.4) is 0 Å². The minimum absolute atomic E-state index is 0.127. The van der Waals surface area contributed by atoms with Gasteiger partial charge in [0.1, 0.15) is 0 Å². The van der Waals surface area contributed by atoms with E-state index in [0.717, 1.165) is 25.7 Å². The van der Waals surface area contributed by atoms with Gasteiger partial charge in [-0.05, 0) is 55.3 Å². The molecule has 0 aromatic rings. The Balaban J connectivity index is 2.20. The maximum Gasteiger partial charge on any atom is 0.251 e. The Bertz CT molecular complexity index is 322. The maximum atomic E-state index is 14.7. The largest absolute Gasteiger partial charge is 0.251 e. The quantitative estimate of drug-likeness (QED) is 0.519. The Morgan fingerprint density at radius 2 is 1.52 bits per heavy atom. The van der Waals surface area contributed by atoms with E-state index in [1.165, 1.54) is 19.3 Å². The molecule has 0 radical (unpaired) electrons. The maximum absolute atomic E-state index is 14.7. The molecule has 0 spiro atoms. The van der Waals surface area contributed by atoms with Gasteiger partial charge in [0.15, 0.2) is 0 Å². The summed E-state index contributed by atoms with van der Waals surface area (Å²) in [5.41, 5.74) is 0. The molecular formula is C19H34F2. The molecule has 0 saturated heterocycles. The van der Waals surface area contributed by atoms with E-state index in [1.807, 2.05) is 0 Å². The van der Waals surface area contributed by atoms with Gasteiger partial charge >= 0.3 is 0 Å². The molecule has 21 heavy (non-hydrogen) atoms. The minimum Gasteiger partial charge on any atom is -0.207 e. The number of halogens is 2. The zero-order valence-electron chi connectivity index (χ0n) is 14.4. The summed E-state index contributed by atoms with van der Waals surface area (Å²) in [4.78, 5) is 0. The highest BCUT2D eigenvalue weighted by molar-refractivity contribution is 4.93. The van der Waals surface area contributed by atoms with Crippen molar-refractivity contribution in [2.45, 2.75) is 85.0 Å². The van der Waals surface area contributed by atoms with E-state index in [1.54, 1.807) is 0 Å². The summed E-state index contributed by atoms with van der Waals surface area (Å²) < 4.78 is 29.3. The van der Waals surface area contributed by atoms with Crippen LogP contribution in [0.2, 0.25) is 0 Å². The highest BCUT2D eigenvalue weighted by atomic mass is 19.3. The predicted molar refractivity (Wildman–Crippen MR) is 85.5 cm³/mol. The lowest BCUT2D eigenvalue weighted by Crippen LogP contribution is -2.43. The van der Waals surface area contributed by atoms with Gasteiger partial charge in [0.25, 0.3) is 5.92 Å². The SMILES string of the molecule is CC(C)C1CCC(F)(F)C(C2CCCCCC2C(C)C)C1. The molecule has 0 bridgehead atoms. The van der Waals surface area contributed by atoms with Crippen LogP contribution in [-0.2, 0) is 0 Å². The number of hydrogen-bond donors (Lipinski definition) is 0. The zero-order chi connectivity index (χ0) is 15.6. The summed E-state index contributed by atoms with van der Waals surface area (Å²) in [7, 11) is 0. The van der Waals surface area contributed by atoms with Crippen LogP contribution >= 0.6 is 0 Å². The third kappa shape index (κ3) is 3.99. The van der Waals surface area contributed by atoms with E-state index < -0.39 is 5.92 Å². The summed E-state index contributed by atoms with van der Waals surface area (Å²) >= 11 is 0. The van der Waals surface area contributed by atoms with Crippen molar-refractivity contribution in [2.75, 3.05) is 0 Å². The number of rotatable bonds is 3. The van der Waals surface area contributed by atoms with E-state index >= 15 is 0 Å². The van der Waals surface area contributed by atoms with Gasteiger partial charge in [-0.15, -0.1) is 0 Å². The smallest absolute Gasteiger partial charge is 0.207 e. The van der Waals surface area contributed by atoms with Crippen molar-refractivity contribution >= 4 is 0 Å². The third-order valence-electron chi connectivity index (χ3n) is 6.39. The first-order valence-electron chi connectivity index (χ1n) is 9.20. The predicted octanol–water partition coefficient (Wildman–Crippen LogP) is 6.55. The van der Waals surface area contributed by atoms with Crippen molar-refractivity contribution in [1.29, 1.82) is 0 Å². The van der Waals surface area contributed by atoms with Gasteiger partial charge in [0.05, 0.1) is 0 Å². The molecule has 0 aromatic heterocycles. The fourth-order valence-electron chi connectivity index (χ4n) is 4.97.